The number of carbonyl (C=O) groups is 1. The van der Waals surface area contributed by atoms with Crippen LogP contribution in [0.4, 0.5) is 13.2 Å². The number of nitrogens with zero attached hydrogens (tertiary/aromatic N) is 5. The zero-order chi connectivity index (χ0) is 20.1. The fourth-order valence-electron chi connectivity index (χ4n) is 3.12. The van der Waals surface area contributed by atoms with Gasteiger partial charge in [-0.2, -0.15) is 23.4 Å². The van der Waals surface area contributed by atoms with E-state index in [-0.39, 0.29) is 22.8 Å². The first-order valence-corrected chi connectivity index (χ1v) is 9.36. The van der Waals surface area contributed by atoms with Crippen LogP contribution in [0.1, 0.15) is 47.1 Å². The number of amides is 1. The van der Waals surface area contributed by atoms with Gasteiger partial charge in [-0.15, -0.1) is 0 Å². The highest BCUT2D eigenvalue weighted by atomic mass is 79.9. The summed E-state index contributed by atoms with van der Waals surface area (Å²) in [4.78, 5) is 14.1. The summed E-state index contributed by atoms with van der Waals surface area (Å²) in [6.07, 6.45) is -2.95. The second kappa shape index (κ2) is 6.96. The second-order valence-corrected chi connectivity index (χ2v) is 7.79. The molecular weight excluding hydrogens is 427 g/mol. The molecule has 0 bridgehead atoms. The Morgan fingerprint density at radius 1 is 1.30 bits per heavy atom. The first-order valence-electron chi connectivity index (χ1n) is 8.57. The van der Waals surface area contributed by atoms with E-state index in [4.69, 9.17) is 0 Å². The quantitative estimate of drug-likeness (QED) is 0.703. The molecule has 0 unspecified atom stereocenters. The lowest BCUT2D eigenvalue weighted by molar-refractivity contribution is -0.142. The molecule has 0 saturated heterocycles. The Morgan fingerprint density at radius 2 is 1.93 bits per heavy atom. The van der Waals surface area contributed by atoms with Crippen molar-refractivity contribution in [3.63, 3.8) is 0 Å². The molecule has 148 valence electrons. The van der Waals surface area contributed by atoms with Gasteiger partial charge in [0.25, 0.3) is 0 Å². The molecule has 2 heterocycles. The Balaban J connectivity index is 1.81. The number of likely N-dealkylation sites (N-methyl/N-ethyl adjacent to an activating group) is 1. The normalized spacial score (nSPS) is 14.7. The Kier molecular flexibility index (Phi) is 5.13. The Morgan fingerprint density at radius 3 is 2.41 bits per heavy atom. The van der Waals surface area contributed by atoms with E-state index >= 15 is 0 Å². The van der Waals surface area contributed by atoms with E-state index in [9.17, 15) is 18.0 Å². The molecule has 0 N–H and O–H groups in total. The predicted octanol–water partition coefficient (Wildman–Crippen LogP) is 3.55. The van der Waals surface area contributed by atoms with Crippen molar-refractivity contribution in [3.05, 3.63) is 32.8 Å². The van der Waals surface area contributed by atoms with Crippen LogP contribution in [0, 0.1) is 13.8 Å². The number of hydrogen-bond donors (Lipinski definition) is 0. The molecule has 1 amide bonds. The SMILES string of the molecule is Cc1nn(C)c(C)c1CN(C)C(=O)Cn1nc(C(F)(F)F)c(Br)c1C1CC1. The number of aromatic nitrogens is 4. The minimum absolute atomic E-state index is 0.0175. The molecule has 3 rings (SSSR count). The van der Waals surface area contributed by atoms with Gasteiger partial charge in [-0.3, -0.25) is 14.2 Å². The molecule has 1 saturated carbocycles. The van der Waals surface area contributed by atoms with Crippen molar-refractivity contribution >= 4 is 21.8 Å². The van der Waals surface area contributed by atoms with Gasteiger partial charge in [0.1, 0.15) is 6.54 Å². The molecule has 2 aromatic rings. The third kappa shape index (κ3) is 3.90. The molecule has 10 heteroatoms. The molecule has 0 aromatic carbocycles. The average Bonchev–Trinajstić information content (AvgIpc) is 3.29. The van der Waals surface area contributed by atoms with Crippen molar-refractivity contribution in [3.8, 4) is 0 Å². The van der Waals surface area contributed by atoms with Crippen molar-refractivity contribution in [1.82, 2.24) is 24.5 Å². The lowest BCUT2D eigenvalue weighted by atomic mass is 10.2. The number of hydrogen-bond acceptors (Lipinski definition) is 3. The summed E-state index contributed by atoms with van der Waals surface area (Å²) in [5.74, 6) is -0.285. The maximum atomic E-state index is 13.2. The standard InChI is InChI=1S/C17H21BrF3N5O/c1-9-12(10(2)25(4)22-9)7-24(3)13(27)8-26-15(11-5-6-11)14(18)16(23-26)17(19,20)21/h11H,5-8H2,1-4H3. The van der Waals surface area contributed by atoms with E-state index in [1.165, 1.54) is 9.58 Å². The number of halogens is 4. The topological polar surface area (TPSA) is 56.0 Å². The van der Waals surface area contributed by atoms with Gasteiger partial charge in [0.2, 0.25) is 5.91 Å². The van der Waals surface area contributed by atoms with Crippen LogP contribution < -0.4 is 0 Å². The van der Waals surface area contributed by atoms with Crippen LogP contribution in [-0.4, -0.2) is 37.4 Å². The number of rotatable bonds is 5. The lowest BCUT2D eigenvalue weighted by Gasteiger charge is -2.18. The summed E-state index contributed by atoms with van der Waals surface area (Å²) in [5, 5.41) is 8.02. The van der Waals surface area contributed by atoms with Gasteiger partial charge in [0.15, 0.2) is 5.69 Å². The zero-order valence-electron chi connectivity index (χ0n) is 15.6. The van der Waals surface area contributed by atoms with Gasteiger partial charge in [0.05, 0.1) is 15.9 Å². The first kappa shape index (κ1) is 19.9. The fourth-order valence-corrected chi connectivity index (χ4v) is 3.95. The molecule has 1 aliphatic carbocycles. The van der Waals surface area contributed by atoms with Crippen molar-refractivity contribution in [2.75, 3.05) is 7.05 Å². The van der Waals surface area contributed by atoms with Gasteiger partial charge < -0.3 is 4.90 Å². The van der Waals surface area contributed by atoms with Gasteiger partial charge in [0, 0.05) is 37.8 Å². The van der Waals surface area contributed by atoms with Crippen LogP contribution in [0.2, 0.25) is 0 Å². The fraction of sp³-hybridized carbons (Fsp3) is 0.588. The monoisotopic (exact) mass is 447 g/mol. The van der Waals surface area contributed by atoms with E-state index < -0.39 is 11.9 Å². The van der Waals surface area contributed by atoms with Crippen LogP contribution in [0.3, 0.4) is 0 Å². The third-order valence-corrected chi connectivity index (χ3v) is 5.71. The molecule has 2 aromatic heterocycles. The molecule has 0 radical (unpaired) electrons. The number of carbonyl (C=O) groups excluding carboxylic acids is 1. The summed E-state index contributed by atoms with van der Waals surface area (Å²) < 4.78 is 42.5. The molecule has 0 aliphatic heterocycles. The molecule has 0 spiro atoms. The zero-order valence-corrected chi connectivity index (χ0v) is 17.1. The largest absolute Gasteiger partial charge is 0.436 e. The van der Waals surface area contributed by atoms with E-state index in [0.717, 1.165) is 29.8 Å². The summed E-state index contributed by atoms with van der Waals surface area (Å²) >= 11 is 3.04. The van der Waals surface area contributed by atoms with Crippen LogP contribution in [0.25, 0.3) is 0 Å². The highest BCUT2D eigenvalue weighted by molar-refractivity contribution is 9.10. The third-order valence-electron chi connectivity index (χ3n) is 4.93. The minimum Gasteiger partial charge on any atom is -0.340 e. The maximum absolute atomic E-state index is 13.2. The molecule has 1 fully saturated rings. The van der Waals surface area contributed by atoms with Crippen LogP contribution in [0.15, 0.2) is 4.47 Å². The highest BCUT2D eigenvalue weighted by Crippen LogP contribution is 2.46. The minimum atomic E-state index is -4.56. The van der Waals surface area contributed by atoms with E-state index in [1.54, 1.807) is 11.7 Å². The van der Waals surface area contributed by atoms with Crippen LogP contribution in [0.5, 0.6) is 0 Å². The van der Waals surface area contributed by atoms with Gasteiger partial charge in [-0.1, -0.05) is 0 Å². The molecular formula is C17H21BrF3N5O. The van der Waals surface area contributed by atoms with Crippen molar-refractivity contribution in [1.29, 1.82) is 0 Å². The summed E-state index contributed by atoms with van der Waals surface area (Å²) in [6.45, 7) is 3.90. The summed E-state index contributed by atoms with van der Waals surface area (Å²) in [6, 6.07) is 0. The first-order chi connectivity index (χ1) is 12.5. The van der Waals surface area contributed by atoms with Gasteiger partial charge in [-0.05, 0) is 42.6 Å². The number of aryl methyl sites for hydroxylation is 2. The van der Waals surface area contributed by atoms with Crippen LogP contribution in [-0.2, 0) is 31.1 Å². The Bertz CT molecular complexity index is 882. The Labute approximate surface area is 163 Å². The van der Waals surface area contributed by atoms with Gasteiger partial charge in [-0.25, -0.2) is 0 Å². The van der Waals surface area contributed by atoms with E-state index in [1.807, 2.05) is 20.9 Å². The number of alkyl halides is 3. The maximum Gasteiger partial charge on any atom is 0.436 e. The lowest BCUT2D eigenvalue weighted by Crippen LogP contribution is -2.31. The van der Waals surface area contributed by atoms with Crippen LogP contribution >= 0.6 is 15.9 Å². The van der Waals surface area contributed by atoms with Crippen molar-refractivity contribution in [2.24, 2.45) is 7.05 Å². The summed E-state index contributed by atoms with van der Waals surface area (Å²) in [7, 11) is 3.46. The molecule has 0 atom stereocenters. The predicted molar refractivity (Wildman–Crippen MR) is 96.1 cm³/mol. The van der Waals surface area contributed by atoms with E-state index in [2.05, 4.69) is 26.1 Å². The second-order valence-electron chi connectivity index (χ2n) is 7.00. The average molecular weight is 448 g/mol. The smallest absolute Gasteiger partial charge is 0.340 e. The van der Waals surface area contributed by atoms with E-state index in [0.29, 0.717) is 12.2 Å². The van der Waals surface area contributed by atoms with Crippen molar-refractivity contribution in [2.45, 2.75) is 51.9 Å². The summed E-state index contributed by atoms with van der Waals surface area (Å²) in [5.41, 5.74) is 2.20. The molecule has 27 heavy (non-hydrogen) atoms. The molecule has 6 nitrogen and oxygen atoms in total. The molecule has 1 aliphatic rings. The van der Waals surface area contributed by atoms with Gasteiger partial charge >= 0.3 is 6.18 Å². The Hall–Kier alpha value is -1.84. The highest BCUT2D eigenvalue weighted by Gasteiger charge is 2.42. The van der Waals surface area contributed by atoms with Crippen molar-refractivity contribution < 1.29 is 18.0 Å².